The van der Waals surface area contributed by atoms with E-state index in [0.29, 0.717) is 17.5 Å². The molecule has 7 aromatic carbocycles. The molecule has 3 aromatic heterocycles. The van der Waals surface area contributed by atoms with E-state index in [1.54, 1.807) is 11.3 Å². The van der Waals surface area contributed by atoms with Crippen molar-refractivity contribution in [1.82, 2.24) is 19.9 Å². The Morgan fingerprint density at radius 3 is 1.82 bits per heavy atom. The molecule has 50 heavy (non-hydrogen) atoms. The average Bonchev–Trinajstić information content (AvgIpc) is 3.79. The highest BCUT2D eigenvalue weighted by molar-refractivity contribution is 7.22. The molecule has 0 fully saturated rings. The number of thiazole rings is 1. The zero-order valence-corrected chi connectivity index (χ0v) is 27.4. The summed E-state index contributed by atoms with van der Waals surface area (Å²) in [5.41, 5.74) is 8.48. The smallest absolute Gasteiger partial charge is 0.166 e. The third kappa shape index (κ3) is 4.85. The van der Waals surface area contributed by atoms with Gasteiger partial charge in [0.15, 0.2) is 17.5 Å². The van der Waals surface area contributed by atoms with Gasteiger partial charge in [-0.05, 0) is 34.0 Å². The summed E-state index contributed by atoms with van der Waals surface area (Å²) in [6, 6.07) is 54.0. The molecule has 5 nitrogen and oxygen atoms in total. The van der Waals surface area contributed by atoms with E-state index in [2.05, 4.69) is 109 Å². The minimum absolute atomic E-state index is 0.579. The second-order valence-electron chi connectivity index (χ2n) is 12.3. The summed E-state index contributed by atoms with van der Waals surface area (Å²) in [4.78, 5) is 20.7. The van der Waals surface area contributed by atoms with Crippen molar-refractivity contribution in [3.8, 4) is 55.9 Å². The van der Waals surface area contributed by atoms with Crippen LogP contribution in [0.3, 0.4) is 0 Å². The maximum absolute atomic E-state index is 6.46. The summed E-state index contributed by atoms with van der Waals surface area (Å²) in [6.45, 7) is 0. The lowest BCUT2D eigenvalue weighted by Crippen LogP contribution is -2.01. The first-order chi connectivity index (χ1) is 24.7. The lowest BCUT2D eigenvalue weighted by atomic mass is 10.0. The van der Waals surface area contributed by atoms with Gasteiger partial charge in [-0.3, -0.25) is 0 Å². The summed E-state index contributed by atoms with van der Waals surface area (Å²) < 4.78 is 7.47. The van der Waals surface area contributed by atoms with E-state index >= 15 is 0 Å². The number of hydrogen-bond donors (Lipinski definition) is 0. The second-order valence-corrected chi connectivity index (χ2v) is 13.3. The molecule has 0 saturated heterocycles. The van der Waals surface area contributed by atoms with Crippen LogP contribution in [0.4, 0.5) is 0 Å². The fourth-order valence-electron chi connectivity index (χ4n) is 6.70. The van der Waals surface area contributed by atoms with Gasteiger partial charge in [0.25, 0.3) is 0 Å². The van der Waals surface area contributed by atoms with Gasteiger partial charge in [0, 0.05) is 33.5 Å². The first kappa shape index (κ1) is 28.5. The first-order valence-corrected chi connectivity index (χ1v) is 17.3. The van der Waals surface area contributed by atoms with Crippen molar-refractivity contribution >= 4 is 54.3 Å². The van der Waals surface area contributed by atoms with Crippen molar-refractivity contribution in [3.05, 3.63) is 158 Å². The Bertz CT molecular complexity index is 2860. The Kier molecular flexibility index (Phi) is 6.60. The van der Waals surface area contributed by atoms with E-state index in [-0.39, 0.29) is 0 Å². The van der Waals surface area contributed by atoms with Gasteiger partial charge >= 0.3 is 0 Å². The quantitative estimate of drug-likeness (QED) is 0.184. The fraction of sp³-hybridized carbons (Fsp3) is 0. The molecule has 3 heterocycles. The topological polar surface area (TPSA) is 64.7 Å². The monoisotopic (exact) mass is 658 g/mol. The van der Waals surface area contributed by atoms with Crippen LogP contribution in [-0.4, -0.2) is 19.9 Å². The third-order valence-electron chi connectivity index (χ3n) is 9.16. The lowest BCUT2D eigenvalue weighted by Gasteiger charge is -2.11. The summed E-state index contributed by atoms with van der Waals surface area (Å²) in [5.74, 6) is 1.79. The summed E-state index contributed by atoms with van der Waals surface area (Å²) in [7, 11) is 0. The van der Waals surface area contributed by atoms with Crippen LogP contribution in [0.15, 0.2) is 162 Å². The van der Waals surface area contributed by atoms with Gasteiger partial charge in [0.2, 0.25) is 0 Å². The van der Waals surface area contributed by atoms with Crippen molar-refractivity contribution in [2.24, 2.45) is 0 Å². The highest BCUT2D eigenvalue weighted by atomic mass is 32.1. The maximum Gasteiger partial charge on any atom is 0.166 e. The lowest BCUT2D eigenvalue weighted by molar-refractivity contribution is 0.669. The zero-order valence-electron chi connectivity index (χ0n) is 26.6. The van der Waals surface area contributed by atoms with Gasteiger partial charge in [-0.15, -0.1) is 11.3 Å². The summed E-state index contributed by atoms with van der Waals surface area (Å²) in [6.07, 6.45) is 0. The van der Waals surface area contributed by atoms with Gasteiger partial charge in [0.1, 0.15) is 16.2 Å². The van der Waals surface area contributed by atoms with Crippen LogP contribution < -0.4 is 0 Å². The van der Waals surface area contributed by atoms with Crippen LogP contribution in [0.5, 0.6) is 0 Å². The van der Waals surface area contributed by atoms with Crippen LogP contribution in [0.1, 0.15) is 0 Å². The molecule has 0 atom stereocenters. The number of fused-ring (bicyclic) bond motifs is 5. The molecule has 0 aliphatic rings. The molecule has 6 heteroatoms. The van der Waals surface area contributed by atoms with E-state index < -0.39 is 0 Å². The summed E-state index contributed by atoms with van der Waals surface area (Å²) in [5, 5.41) is 5.20. The largest absolute Gasteiger partial charge is 0.456 e. The molecular weight excluding hydrogens is 633 g/mol. The number of furan rings is 1. The highest BCUT2D eigenvalue weighted by Crippen LogP contribution is 2.45. The SMILES string of the molecule is c1ccc(-c2ccc(-c3nc(-c4ccc5ccccc5c4)nc(-c4c5sc(-c6ccccc6)nc5cc5oc6ccccc6c45)n3)cc2)cc1. The van der Waals surface area contributed by atoms with Gasteiger partial charge in [0.05, 0.1) is 15.8 Å². The summed E-state index contributed by atoms with van der Waals surface area (Å²) >= 11 is 1.65. The predicted octanol–water partition coefficient (Wildman–Crippen LogP) is 11.9. The molecule has 0 amide bonds. The van der Waals surface area contributed by atoms with Crippen LogP contribution in [0, 0.1) is 0 Å². The Balaban J connectivity index is 1.25. The molecule has 10 rings (SSSR count). The van der Waals surface area contributed by atoms with Gasteiger partial charge < -0.3 is 4.42 Å². The minimum atomic E-state index is 0.579. The van der Waals surface area contributed by atoms with E-state index in [4.69, 9.17) is 24.4 Å². The molecule has 0 bridgehead atoms. The van der Waals surface area contributed by atoms with Crippen molar-refractivity contribution < 1.29 is 4.42 Å². The molecular formula is C44H26N4OS. The van der Waals surface area contributed by atoms with Gasteiger partial charge in [-0.2, -0.15) is 0 Å². The number of para-hydroxylation sites is 1. The number of nitrogens with zero attached hydrogens (tertiary/aromatic N) is 4. The normalized spacial score (nSPS) is 11.6. The van der Waals surface area contributed by atoms with Crippen LogP contribution in [-0.2, 0) is 0 Å². The Hall–Kier alpha value is -6.50. The molecule has 0 saturated carbocycles. The van der Waals surface area contributed by atoms with E-state index in [1.165, 1.54) is 0 Å². The molecule has 0 N–H and O–H groups in total. The first-order valence-electron chi connectivity index (χ1n) is 16.5. The number of benzene rings is 7. The van der Waals surface area contributed by atoms with Crippen molar-refractivity contribution in [2.45, 2.75) is 0 Å². The van der Waals surface area contributed by atoms with Crippen LogP contribution in [0.25, 0.3) is 98.8 Å². The number of rotatable bonds is 5. The predicted molar refractivity (Wildman–Crippen MR) is 205 cm³/mol. The molecule has 0 radical (unpaired) electrons. The highest BCUT2D eigenvalue weighted by Gasteiger charge is 2.23. The van der Waals surface area contributed by atoms with E-state index in [1.807, 2.05) is 48.5 Å². The molecule has 0 aliphatic heterocycles. The second kappa shape index (κ2) is 11.6. The molecule has 234 valence electrons. The average molecular weight is 659 g/mol. The van der Waals surface area contributed by atoms with Crippen molar-refractivity contribution in [3.63, 3.8) is 0 Å². The van der Waals surface area contributed by atoms with Crippen molar-refractivity contribution in [2.75, 3.05) is 0 Å². The maximum atomic E-state index is 6.46. The molecule has 0 unspecified atom stereocenters. The van der Waals surface area contributed by atoms with Crippen molar-refractivity contribution in [1.29, 1.82) is 0 Å². The Morgan fingerprint density at radius 1 is 0.420 bits per heavy atom. The van der Waals surface area contributed by atoms with E-state index in [0.717, 1.165) is 81.3 Å². The molecule has 10 aromatic rings. The van der Waals surface area contributed by atoms with Crippen LogP contribution in [0.2, 0.25) is 0 Å². The Morgan fingerprint density at radius 2 is 1.02 bits per heavy atom. The third-order valence-corrected chi connectivity index (χ3v) is 10.3. The standard InChI is InChI=1S/C44H26N4OS/c1-3-11-27(12-4-1)29-19-22-30(23-20-29)41-46-42(33-24-21-28-13-7-8-16-32(28)25-33)48-43(47-41)39-38-34-17-9-10-18-36(34)49-37(38)26-35-40(39)50-44(45-35)31-14-5-2-6-15-31/h1-26H. The molecule has 0 spiro atoms. The van der Waals surface area contributed by atoms with Crippen LogP contribution >= 0.6 is 11.3 Å². The molecule has 0 aliphatic carbocycles. The zero-order chi connectivity index (χ0) is 33.0. The minimum Gasteiger partial charge on any atom is -0.456 e. The van der Waals surface area contributed by atoms with Gasteiger partial charge in [-0.1, -0.05) is 140 Å². The number of aromatic nitrogens is 4. The van der Waals surface area contributed by atoms with E-state index in [9.17, 15) is 0 Å². The Labute approximate surface area is 291 Å². The van der Waals surface area contributed by atoms with Gasteiger partial charge in [-0.25, -0.2) is 19.9 Å². The fourth-order valence-corrected chi connectivity index (χ4v) is 7.80. The number of hydrogen-bond acceptors (Lipinski definition) is 6.